The topological polar surface area (TPSA) is 0 Å². The van der Waals surface area contributed by atoms with Crippen LogP contribution in [0.2, 0.25) is 0 Å². The molecule has 0 spiro atoms. The molecule has 13 heavy (non-hydrogen) atoms. The minimum absolute atomic E-state index is 0.372. The maximum Gasteiger partial charge on any atom is 0.271 e. The molecule has 0 bridgehead atoms. The van der Waals surface area contributed by atoms with Crippen LogP contribution in [-0.2, 0) is 0 Å². The molecule has 0 amide bonds. The Morgan fingerprint density at radius 2 is 1.54 bits per heavy atom. The van der Waals surface area contributed by atoms with Gasteiger partial charge in [-0.25, -0.2) is 13.2 Å². The summed E-state index contributed by atoms with van der Waals surface area (Å²) in [5.41, 5.74) is 0.372. The van der Waals surface area contributed by atoms with Crippen molar-refractivity contribution in [2.45, 2.75) is 18.0 Å². The molecule has 0 fully saturated rings. The fourth-order valence-electron chi connectivity index (χ4n) is 0.948. The van der Waals surface area contributed by atoms with Gasteiger partial charge in [-0.05, 0) is 5.56 Å². The first-order chi connectivity index (χ1) is 6.13. The van der Waals surface area contributed by atoms with Gasteiger partial charge in [0, 0.05) is 0 Å². The molecule has 1 aromatic rings. The lowest BCUT2D eigenvalue weighted by Crippen LogP contribution is -2.17. The average molecular weight is 209 g/mol. The molecule has 2 atom stereocenters. The van der Waals surface area contributed by atoms with E-state index in [-0.39, 0.29) is 0 Å². The third-order valence-electron chi connectivity index (χ3n) is 1.64. The molecule has 0 aromatic heterocycles. The van der Waals surface area contributed by atoms with Crippen molar-refractivity contribution in [2.24, 2.45) is 0 Å². The van der Waals surface area contributed by atoms with Gasteiger partial charge < -0.3 is 0 Å². The van der Waals surface area contributed by atoms with Gasteiger partial charge in [0.05, 0.1) is 5.38 Å². The van der Waals surface area contributed by atoms with E-state index in [1.54, 1.807) is 18.2 Å². The quantitative estimate of drug-likeness (QED) is 0.667. The Kier molecular flexibility index (Phi) is 3.60. The van der Waals surface area contributed by atoms with E-state index >= 15 is 0 Å². The van der Waals surface area contributed by atoms with Gasteiger partial charge >= 0.3 is 0 Å². The normalized spacial score (nSPS) is 15.8. The van der Waals surface area contributed by atoms with Crippen LogP contribution in [0.5, 0.6) is 0 Å². The average Bonchev–Trinajstić information content (AvgIpc) is 2.17. The number of hydrogen-bond donors (Lipinski definition) is 0. The van der Waals surface area contributed by atoms with Gasteiger partial charge in [-0.15, -0.1) is 11.6 Å². The summed E-state index contributed by atoms with van der Waals surface area (Å²) >= 11 is 5.50. The molecule has 2 unspecified atom stereocenters. The van der Waals surface area contributed by atoms with E-state index < -0.39 is 18.0 Å². The van der Waals surface area contributed by atoms with Gasteiger partial charge in [-0.3, -0.25) is 0 Å². The molecule has 0 heterocycles. The Bertz CT molecular complexity index is 250. The maximum absolute atomic E-state index is 12.7. The summed E-state index contributed by atoms with van der Waals surface area (Å²) in [5.74, 6) is 0. The van der Waals surface area contributed by atoms with Crippen LogP contribution in [0.4, 0.5) is 13.2 Å². The first-order valence-corrected chi connectivity index (χ1v) is 4.18. The second-order valence-corrected chi connectivity index (χ2v) is 3.06. The molecule has 0 saturated carbocycles. The highest BCUT2D eigenvalue weighted by atomic mass is 35.5. The Labute approximate surface area is 79.3 Å². The van der Waals surface area contributed by atoms with Crippen molar-refractivity contribution < 1.29 is 13.2 Å². The molecule has 4 heteroatoms. The Balaban J connectivity index is 2.73. The monoisotopic (exact) mass is 208 g/mol. The fraction of sp³-hybridized carbons (Fsp3) is 0.333. The third kappa shape index (κ3) is 2.62. The van der Waals surface area contributed by atoms with Crippen LogP contribution >= 0.6 is 11.6 Å². The van der Waals surface area contributed by atoms with E-state index in [1.165, 1.54) is 12.1 Å². The summed E-state index contributed by atoms with van der Waals surface area (Å²) in [6.07, 6.45) is -5.35. The number of rotatable bonds is 3. The lowest BCUT2D eigenvalue weighted by molar-refractivity contribution is 0.0476. The zero-order valence-electron chi connectivity index (χ0n) is 6.63. The van der Waals surface area contributed by atoms with E-state index in [2.05, 4.69) is 0 Å². The van der Waals surface area contributed by atoms with Gasteiger partial charge in [0.15, 0.2) is 6.17 Å². The standard InChI is InChI=1S/C9H8ClF3/c10-7(8(11)9(12)13)6-4-2-1-3-5-6/h1-5,7-9H. The minimum Gasteiger partial charge on any atom is -0.239 e. The molecule has 0 aliphatic rings. The summed E-state index contributed by atoms with van der Waals surface area (Å²) < 4.78 is 36.5. The molecule has 0 aliphatic carbocycles. The van der Waals surface area contributed by atoms with Crippen LogP contribution in [0.3, 0.4) is 0 Å². The first-order valence-electron chi connectivity index (χ1n) is 3.74. The molecular formula is C9H8ClF3. The predicted octanol–water partition coefficient (Wildman–Crippen LogP) is 3.57. The van der Waals surface area contributed by atoms with E-state index in [1.807, 2.05) is 0 Å². The van der Waals surface area contributed by atoms with Crippen LogP contribution in [0.25, 0.3) is 0 Å². The second kappa shape index (κ2) is 4.51. The summed E-state index contributed by atoms with van der Waals surface area (Å²) in [6, 6.07) is 8.01. The van der Waals surface area contributed by atoms with Crippen molar-refractivity contribution in [3.8, 4) is 0 Å². The fourth-order valence-corrected chi connectivity index (χ4v) is 1.20. The van der Waals surface area contributed by atoms with Crippen molar-refractivity contribution in [3.05, 3.63) is 35.9 Å². The van der Waals surface area contributed by atoms with Crippen molar-refractivity contribution in [2.75, 3.05) is 0 Å². The molecule has 1 rings (SSSR count). The molecule has 72 valence electrons. The van der Waals surface area contributed by atoms with E-state index in [4.69, 9.17) is 11.6 Å². The van der Waals surface area contributed by atoms with Gasteiger partial charge in [-0.2, -0.15) is 0 Å². The summed E-state index contributed by atoms with van der Waals surface area (Å²) in [4.78, 5) is 0. The van der Waals surface area contributed by atoms with E-state index in [0.29, 0.717) is 5.56 Å². The predicted molar refractivity (Wildman–Crippen MR) is 45.9 cm³/mol. The molecule has 0 nitrogen and oxygen atoms in total. The zero-order valence-corrected chi connectivity index (χ0v) is 7.39. The van der Waals surface area contributed by atoms with Crippen molar-refractivity contribution in [1.82, 2.24) is 0 Å². The van der Waals surface area contributed by atoms with Crippen LogP contribution in [0, 0.1) is 0 Å². The molecule has 0 N–H and O–H groups in total. The molecular weight excluding hydrogens is 201 g/mol. The van der Waals surface area contributed by atoms with Crippen molar-refractivity contribution >= 4 is 11.6 Å². The maximum atomic E-state index is 12.7. The second-order valence-electron chi connectivity index (χ2n) is 2.59. The highest BCUT2D eigenvalue weighted by Crippen LogP contribution is 2.29. The molecule has 0 saturated heterocycles. The first kappa shape index (κ1) is 10.4. The summed E-state index contributed by atoms with van der Waals surface area (Å²) in [6.45, 7) is 0. The minimum atomic E-state index is -3.04. The molecule has 0 radical (unpaired) electrons. The lowest BCUT2D eigenvalue weighted by Gasteiger charge is -2.13. The van der Waals surface area contributed by atoms with Crippen molar-refractivity contribution in [1.29, 1.82) is 0 Å². The highest BCUT2D eigenvalue weighted by molar-refractivity contribution is 6.21. The lowest BCUT2D eigenvalue weighted by atomic mass is 10.1. The largest absolute Gasteiger partial charge is 0.271 e. The number of halogens is 4. The number of benzene rings is 1. The molecule has 1 aromatic carbocycles. The zero-order chi connectivity index (χ0) is 9.84. The number of hydrogen-bond acceptors (Lipinski definition) is 0. The summed E-state index contributed by atoms with van der Waals surface area (Å²) in [7, 11) is 0. The van der Waals surface area contributed by atoms with Crippen LogP contribution < -0.4 is 0 Å². The van der Waals surface area contributed by atoms with Gasteiger partial charge in [0.25, 0.3) is 6.43 Å². The van der Waals surface area contributed by atoms with Gasteiger partial charge in [0.1, 0.15) is 0 Å². The Morgan fingerprint density at radius 3 is 2.00 bits per heavy atom. The van der Waals surface area contributed by atoms with Gasteiger partial charge in [0.2, 0.25) is 0 Å². The SMILES string of the molecule is FC(F)C(F)C(Cl)c1ccccc1. The third-order valence-corrected chi connectivity index (χ3v) is 2.13. The Morgan fingerprint density at radius 1 is 1.00 bits per heavy atom. The smallest absolute Gasteiger partial charge is 0.239 e. The van der Waals surface area contributed by atoms with Crippen LogP contribution in [-0.4, -0.2) is 12.6 Å². The molecule has 0 aliphatic heterocycles. The van der Waals surface area contributed by atoms with Crippen molar-refractivity contribution in [3.63, 3.8) is 0 Å². The Hall–Kier alpha value is -0.700. The van der Waals surface area contributed by atoms with E-state index in [9.17, 15) is 13.2 Å². The highest BCUT2D eigenvalue weighted by Gasteiger charge is 2.28. The van der Waals surface area contributed by atoms with Crippen LogP contribution in [0.15, 0.2) is 30.3 Å². The van der Waals surface area contributed by atoms with Gasteiger partial charge in [-0.1, -0.05) is 30.3 Å². The van der Waals surface area contributed by atoms with Crippen LogP contribution in [0.1, 0.15) is 10.9 Å². The number of alkyl halides is 4. The summed E-state index contributed by atoms with van der Waals surface area (Å²) in [5, 5.41) is -1.28. The van der Waals surface area contributed by atoms with E-state index in [0.717, 1.165) is 0 Å².